The topological polar surface area (TPSA) is 56.4 Å². The molecule has 9 aromatic rings. The molecule has 7 aromatic carbocycles. The fraction of sp³-hybridized carbons (Fsp3) is 0.0889. The van der Waals surface area contributed by atoms with Crippen molar-refractivity contribution in [1.82, 2.24) is 4.57 Å². The highest BCUT2D eigenvalue weighted by atomic mass is 16.3. The molecule has 2 aromatic heterocycles. The van der Waals surface area contributed by atoms with Gasteiger partial charge in [0.05, 0.1) is 17.1 Å². The lowest BCUT2D eigenvalue weighted by molar-refractivity contribution is 0.618. The van der Waals surface area contributed by atoms with Gasteiger partial charge in [0.2, 0.25) is 5.88 Å². The maximum absolute atomic E-state index is 7.28. The van der Waals surface area contributed by atoms with Crippen molar-refractivity contribution >= 4 is 83.4 Å². The number of nitrogens with two attached hydrogens (primary N) is 1. The van der Waals surface area contributed by atoms with E-state index in [1.807, 2.05) is 24.5 Å². The second kappa shape index (κ2) is 10.8. The monoisotopic (exact) mass is 631 g/mol. The van der Waals surface area contributed by atoms with Crippen LogP contribution in [0.2, 0.25) is 0 Å². The molecule has 49 heavy (non-hydrogen) atoms. The zero-order chi connectivity index (χ0) is 32.6. The Morgan fingerprint density at radius 3 is 2.24 bits per heavy atom. The molecule has 2 atom stereocenters. The molecule has 1 aliphatic rings. The van der Waals surface area contributed by atoms with Crippen LogP contribution in [0.25, 0.3) is 71.2 Å². The van der Waals surface area contributed by atoms with Gasteiger partial charge in [-0.2, -0.15) is 0 Å². The molecule has 2 N–H and O–H groups in total. The average molecular weight is 632 g/mol. The normalized spacial score (nSPS) is 15.4. The van der Waals surface area contributed by atoms with Crippen LogP contribution in [0.1, 0.15) is 47.6 Å². The van der Waals surface area contributed by atoms with E-state index < -0.39 is 6.04 Å². The van der Waals surface area contributed by atoms with Gasteiger partial charge in [0.15, 0.2) is 0 Å². The quantitative estimate of drug-likeness (QED) is 0.119. The summed E-state index contributed by atoms with van der Waals surface area (Å²) in [6, 6.07) is 44.7. The number of hydrogen-bond donors (Lipinski definition) is 1. The lowest BCUT2D eigenvalue weighted by atomic mass is 9.80. The predicted octanol–water partition coefficient (Wildman–Crippen LogP) is 11.8. The maximum Gasteiger partial charge on any atom is 0.226 e. The summed E-state index contributed by atoms with van der Waals surface area (Å²) < 4.78 is 8.66. The Morgan fingerprint density at radius 2 is 1.39 bits per heavy atom. The number of furan rings is 1. The highest BCUT2D eigenvalue weighted by Gasteiger charge is 2.24. The van der Waals surface area contributed by atoms with Crippen LogP contribution in [0.15, 0.2) is 143 Å². The van der Waals surface area contributed by atoms with E-state index in [1.165, 1.54) is 54.2 Å². The van der Waals surface area contributed by atoms with E-state index in [0.29, 0.717) is 11.8 Å². The largest absolute Gasteiger partial charge is 0.438 e. The zero-order valence-electron chi connectivity index (χ0n) is 27.1. The Labute approximate surface area is 283 Å². The second-order valence-electron chi connectivity index (χ2n) is 13.4. The van der Waals surface area contributed by atoms with Crippen LogP contribution in [0, 0.1) is 0 Å². The van der Waals surface area contributed by atoms with Crippen molar-refractivity contribution in [3.05, 3.63) is 156 Å². The molecule has 0 aliphatic heterocycles. The molecular weight excluding hydrogens is 599 g/mol. The minimum absolute atomic E-state index is 0.414. The number of aliphatic imine (C=N–C) groups is 1. The number of para-hydroxylation sites is 2. The third-order valence-electron chi connectivity index (χ3n) is 10.6. The number of hydrogen-bond acceptors (Lipinski definition) is 3. The summed E-state index contributed by atoms with van der Waals surface area (Å²) in [7, 11) is 0. The van der Waals surface area contributed by atoms with Crippen LogP contribution in [-0.2, 0) is 0 Å². The van der Waals surface area contributed by atoms with Crippen LogP contribution in [0.3, 0.4) is 0 Å². The van der Waals surface area contributed by atoms with Crippen LogP contribution >= 0.6 is 0 Å². The first-order chi connectivity index (χ1) is 24.1. The molecule has 10 rings (SSSR count). The van der Waals surface area contributed by atoms with Crippen molar-refractivity contribution in [2.24, 2.45) is 10.7 Å². The molecule has 4 nitrogen and oxygen atoms in total. The lowest BCUT2D eigenvalue weighted by Crippen LogP contribution is -2.12. The van der Waals surface area contributed by atoms with E-state index in [9.17, 15) is 0 Å². The molecule has 0 amide bonds. The van der Waals surface area contributed by atoms with E-state index in [-0.39, 0.29) is 0 Å². The van der Waals surface area contributed by atoms with Gasteiger partial charge in [-0.3, -0.25) is 4.57 Å². The summed E-state index contributed by atoms with van der Waals surface area (Å²) >= 11 is 0. The van der Waals surface area contributed by atoms with E-state index >= 15 is 0 Å². The number of aromatic nitrogens is 1. The summed E-state index contributed by atoms with van der Waals surface area (Å²) in [5.74, 6) is 0.939. The molecule has 0 bridgehead atoms. The number of nitrogens with zero attached hydrogens (tertiary/aromatic N) is 2. The molecule has 0 fully saturated rings. The van der Waals surface area contributed by atoms with E-state index in [4.69, 9.17) is 15.1 Å². The van der Waals surface area contributed by atoms with Gasteiger partial charge in [-0.15, -0.1) is 0 Å². The average Bonchev–Trinajstić information content (AvgIpc) is 3.67. The van der Waals surface area contributed by atoms with Gasteiger partial charge in [0.25, 0.3) is 0 Å². The van der Waals surface area contributed by atoms with Crippen molar-refractivity contribution in [3.8, 4) is 0 Å². The highest BCUT2D eigenvalue weighted by Crippen LogP contribution is 2.44. The minimum atomic E-state index is -0.446. The zero-order valence-corrected chi connectivity index (χ0v) is 27.1. The van der Waals surface area contributed by atoms with Gasteiger partial charge >= 0.3 is 0 Å². The third kappa shape index (κ3) is 4.24. The molecule has 0 spiro atoms. The summed E-state index contributed by atoms with van der Waals surface area (Å²) in [6.45, 7) is 2.33. The molecule has 1 aliphatic carbocycles. The van der Waals surface area contributed by atoms with Gasteiger partial charge in [0.1, 0.15) is 11.9 Å². The van der Waals surface area contributed by atoms with Crippen molar-refractivity contribution in [1.29, 1.82) is 0 Å². The first-order valence-electron chi connectivity index (χ1n) is 17.0. The summed E-state index contributed by atoms with van der Waals surface area (Å²) in [5.41, 5.74) is 14.9. The molecule has 0 saturated carbocycles. The predicted molar refractivity (Wildman–Crippen MR) is 206 cm³/mol. The SMILES string of the molecule is CC1CC=Cc2c1c1cc(C(N)c3c(/N=C/n4c5ccccc5c5cc6ccccc6cc54)oc4ccccc34)ccc1c1ccccc21. The van der Waals surface area contributed by atoms with Gasteiger partial charge in [-0.25, -0.2) is 4.99 Å². The van der Waals surface area contributed by atoms with Gasteiger partial charge in [-0.1, -0.05) is 116 Å². The molecule has 2 unspecified atom stereocenters. The number of fused-ring (bicyclic) bond motifs is 11. The minimum Gasteiger partial charge on any atom is -0.438 e. The Kier molecular flexibility index (Phi) is 6.18. The van der Waals surface area contributed by atoms with Gasteiger partial charge in [0, 0.05) is 21.7 Å². The Hall–Kier alpha value is -5.97. The highest BCUT2D eigenvalue weighted by molar-refractivity contribution is 6.16. The second-order valence-corrected chi connectivity index (χ2v) is 13.4. The molecule has 0 saturated heterocycles. The Bertz CT molecular complexity index is 2850. The van der Waals surface area contributed by atoms with Crippen LogP contribution < -0.4 is 5.73 Å². The maximum atomic E-state index is 7.28. The first kappa shape index (κ1) is 28.1. The Morgan fingerprint density at radius 1 is 0.694 bits per heavy atom. The van der Waals surface area contributed by atoms with Gasteiger partial charge in [-0.05, 0) is 91.7 Å². The van der Waals surface area contributed by atoms with Crippen LogP contribution in [0.4, 0.5) is 5.88 Å². The summed E-state index contributed by atoms with van der Waals surface area (Å²) in [4.78, 5) is 5.08. The Balaban J connectivity index is 1.16. The van der Waals surface area contributed by atoms with Gasteiger partial charge < -0.3 is 10.2 Å². The summed E-state index contributed by atoms with van der Waals surface area (Å²) in [5, 5.41) is 10.9. The fourth-order valence-corrected chi connectivity index (χ4v) is 8.21. The van der Waals surface area contributed by atoms with Crippen molar-refractivity contribution < 1.29 is 4.42 Å². The fourth-order valence-electron chi connectivity index (χ4n) is 8.21. The number of benzene rings is 7. The van der Waals surface area contributed by atoms with E-state index in [2.05, 4.69) is 133 Å². The summed E-state index contributed by atoms with van der Waals surface area (Å²) in [6.07, 6.45) is 7.53. The smallest absolute Gasteiger partial charge is 0.226 e. The van der Waals surface area contributed by atoms with Crippen LogP contribution in [-0.4, -0.2) is 10.9 Å². The molecular formula is C45H33N3O. The molecule has 4 heteroatoms. The van der Waals surface area contributed by atoms with E-state index in [1.54, 1.807) is 0 Å². The molecule has 2 heterocycles. The standard InChI is InChI=1S/C45H33N3O/c1-27-11-10-18-35-32-15-5-4-14-31(32)33-22-21-30(24-38(33)42(27)35)44(46)43-36-17-7-9-20-41(36)49-45(43)47-26-48-39-19-8-6-16-34(39)37-23-28-12-2-3-13-29(28)25-40(37)48/h2-10,12-27,44H,11,46H2,1H3/b47-26+. The first-order valence-corrected chi connectivity index (χ1v) is 17.0. The third-order valence-corrected chi connectivity index (χ3v) is 10.6. The lowest BCUT2D eigenvalue weighted by Gasteiger charge is -2.24. The number of rotatable bonds is 4. The number of allylic oxidation sites excluding steroid dienone is 1. The van der Waals surface area contributed by atoms with Crippen molar-refractivity contribution in [3.63, 3.8) is 0 Å². The van der Waals surface area contributed by atoms with Crippen molar-refractivity contribution in [2.75, 3.05) is 0 Å². The molecule has 0 radical (unpaired) electrons. The van der Waals surface area contributed by atoms with E-state index in [0.717, 1.165) is 39.6 Å². The van der Waals surface area contributed by atoms with Crippen molar-refractivity contribution in [2.45, 2.75) is 25.3 Å². The van der Waals surface area contributed by atoms with Crippen LogP contribution in [0.5, 0.6) is 0 Å². The molecule has 234 valence electrons.